The number of rotatable bonds is 4. The number of furan rings is 1. The van der Waals surface area contributed by atoms with E-state index in [2.05, 4.69) is 158 Å². The Bertz CT molecular complexity index is 2500. The molecular formula is C44H28O. The monoisotopic (exact) mass is 572 g/mol. The first-order chi connectivity index (χ1) is 22.3. The second-order valence-electron chi connectivity index (χ2n) is 11.7. The van der Waals surface area contributed by atoms with Crippen LogP contribution in [0.4, 0.5) is 0 Å². The molecule has 210 valence electrons. The molecule has 0 amide bonds. The fourth-order valence-corrected chi connectivity index (χ4v) is 6.95. The molecule has 8 aromatic carbocycles. The minimum Gasteiger partial charge on any atom is -0.456 e. The van der Waals surface area contributed by atoms with Gasteiger partial charge < -0.3 is 4.42 Å². The van der Waals surface area contributed by atoms with E-state index in [9.17, 15) is 0 Å². The van der Waals surface area contributed by atoms with Crippen LogP contribution in [-0.2, 0) is 0 Å². The molecule has 1 heteroatoms. The fraction of sp³-hybridized carbons (Fsp3) is 0. The highest BCUT2D eigenvalue weighted by molar-refractivity contribution is 6.19. The lowest BCUT2D eigenvalue weighted by molar-refractivity contribution is 0.669. The van der Waals surface area contributed by atoms with Gasteiger partial charge in [-0.2, -0.15) is 0 Å². The van der Waals surface area contributed by atoms with Crippen LogP contribution in [0, 0.1) is 0 Å². The van der Waals surface area contributed by atoms with Gasteiger partial charge in [-0.15, -0.1) is 0 Å². The van der Waals surface area contributed by atoms with E-state index in [0.717, 1.165) is 27.5 Å². The van der Waals surface area contributed by atoms with E-state index < -0.39 is 0 Å². The van der Waals surface area contributed by atoms with Crippen molar-refractivity contribution in [2.45, 2.75) is 0 Å². The maximum atomic E-state index is 6.37. The second kappa shape index (κ2) is 10.4. The Labute approximate surface area is 261 Å². The Morgan fingerprint density at radius 2 is 0.756 bits per heavy atom. The Balaban J connectivity index is 1.33. The van der Waals surface area contributed by atoms with Gasteiger partial charge in [0.25, 0.3) is 0 Å². The molecular weight excluding hydrogens is 544 g/mol. The van der Waals surface area contributed by atoms with Gasteiger partial charge >= 0.3 is 0 Å². The summed E-state index contributed by atoms with van der Waals surface area (Å²) in [7, 11) is 0. The van der Waals surface area contributed by atoms with Crippen LogP contribution < -0.4 is 0 Å². The molecule has 0 aliphatic carbocycles. The molecule has 1 heterocycles. The maximum absolute atomic E-state index is 6.37. The van der Waals surface area contributed by atoms with E-state index >= 15 is 0 Å². The van der Waals surface area contributed by atoms with Gasteiger partial charge in [0.05, 0.1) is 0 Å². The lowest BCUT2D eigenvalue weighted by Gasteiger charge is -2.17. The van der Waals surface area contributed by atoms with Crippen molar-refractivity contribution in [1.29, 1.82) is 0 Å². The maximum Gasteiger partial charge on any atom is 0.136 e. The highest BCUT2D eigenvalue weighted by Crippen LogP contribution is 2.44. The van der Waals surface area contributed by atoms with Crippen molar-refractivity contribution >= 4 is 43.5 Å². The summed E-state index contributed by atoms with van der Waals surface area (Å²) in [4.78, 5) is 0. The van der Waals surface area contributed by atoms with Crippen LogP contribution in [0.5, 0.6) is 0 Å². The molecule has 1 nitrogen and oxygen atoms in total. The number of para-hydroxylation sites is 1. The van der Waals surface area contributed by atoms with Crippen LogP contribution in [-0.4, -0.2) is 0 Å². The van der Waals surface area contributed by atoms with E-state index in [0.29, 0.717) is 0 Å². The summed E-state index contributed by atoms with van der Waals surface area (Å²) < 4.78 is 6.37. The quantitative estimate of drug-likeness (QED) is 0.191. The minimum atomic E-state index is 0.908. The normalized spacial score (nSPS) is 11.6. The molecule has 1 aromatic heterocycles. The van der Waals surface area contributed by atoms with Gasteiger partial charge in [0.2, 0.25) is 0 Å². The van der Waals surface area contributed by atoms with E-state index in [1.807, 2.05) is 12.1 Å². The Hall–Kier alpha value is -5.92. The van der Waals surface area contributed by atoms with Crippen LogP contribution in [0.2, 0.25) is 0 Å². The summed E-state index contributed by atoms with van der Waals surface area (Å²) in [6.45, 7) is 0. The third kappa shape index (κ3) is 4.24. The molecule has 0 aliphatic rings. The molecule has 45 heavy (non-hydrogen) atoms. The van der Waals surface area contributed by atoms with Gasteiger partial charge in [-0.3, -0.25) is 0 Å². The van der Waals surface area contributed by atoms with Crippen molar-refractivity contribution in [1.82, 2.24) is 0 Å². The Kier molecular flexibility index (Phi) is 5.89. The van der Waals surface area contributed by atoms with E-state index in [4.69, 9.17) is 4.42 Å². The molecule has 0 bridgehead atoms. The summed E-state index contributed by atoms with van der Waals surface area (Å²) in [5.41, 5.74) is 11.5. The first kappa shape index (κ1) is 25.6. The number of hydrogen-bond donors (Lipinski definition) is 0. The lowest BCUT2D eigenvalue weighted by atomic mass is 9.86. The van der Waals surface area contributed by atoms with Crippen LogP contribution in [0.25, 0.3) is 88.0 Å². The van der Waals surface area contributed by atoms with Gasteiger partial charge in [-0.1, -0.05) is 146 Å². The number of hydrogen-bond acceptors (Lipinski definition) is 1. The molecule has 0 atom stereocenters. The first-order valence-electron chi connectivity index (χ1n) is 15.4. The Morgan fingerprint density at radius 1 is 0.267 bits per heavy atom. The summed E-state index contributed by atoms with van der Waals surface area (Å²) in [6, 6.07) is 61.0. The zero-order valence-electron chi connectivity index (χ0n) is 24.6. The van der Waals surface area contributed by atoms with E-state index in [1.54, 1.807) is 0 Å². The van der Waals surface area contributed by atoms with Crippen LogP contribution in [0.15, 0.2) is 174 Å². The SMILES string of the molecule is c1ccc(-c2ccc(-c3cccc4c(-c5ccc6c(c5)oc5ccccc56)c5cccc(-c6ccccc6)c5cc34)cc2)cc1. The summed E-state index contributed by atoms with van der Waals surface area (Å²) in [6.07, 6.45) is 0. The van der Waals surface area contributed by atoms with Crippen LogP contribution in [0.3, 0.4) is 0 Å². The Morgan fingerprint density at radius 3 is 1.44 bits per heavy atom. The molecule has 0 spiro atoms. The molecule has 9 aromatic rings. The summed E-state index contributed by atoms with van der Waals surface area (Å²) in [5.74, 6) is 0. The molecule has 0 saturated heterocycles. The molecule has 0 aliphatic heterocycles. The summed E-state index contributed by atoms with van der Waals surface area (Å²) in [5, 5.41) is 7.23. The number of benzene rings is 8. The third-order valence-corrected chi connectivity index (χ3v) is 9.09. The second-order valence-corrected chi connectivity index (χ2v) is 11.7. The van der Waals surface area contributed by atoms with Gasteiger partial charge in [-0.25, -0.2) is 0 Å². The van der Waals surface area contributed by atoms with Crippen molar-refractivity contribution in [3.05, 3.63) is 170 Å². The first-order valence-corrected chi connectivity index (χ1v) is 15.4. The molecule has 9 rings (SSSR count). The predicted octanol–water partition coefficient (Wildman–Crippen LogP) is 12.6. The van der Waals surface area contributed by atoms with Crippen LogP contribution >= 0.6 is 0 Å². The van der Waals surface area contributed by atoms with Gasteiger partial charge in [0, 0.05) is 10.8 Å². The van der Waals surface area contributed by atoms with Crippen molar-refractivity contribution in [2.75, 3.05) is 0 Å². The highest BCUT2D eigenvalue weighted by atomic mass is 16.3. The zero-order chi connectivity index (χ0) is 29.7. The standard InChI is InChI=1S/C44H28O/c1-3-11-29(12-4-1)30-21-23-32(24-22-30)35-17-10-19-39-41(35)28-40-34(31-13-5-2-6-14-31)16-9-18-38(40)44(39)33-25-26-37-36-15-7-8-20-42(36)45-43(37)27-33/h1-28H. The van der Waals surface area contributed by atoms with Crippen molar-refractivity contribution in [3.8, 4) is 44.5 Å². The molecule has 0 unspecified atom stereocenters. The van der Waals surface area contributed by atoms with Crippen molar-refractivity contribution < 1.29 is 4.42 Å². The zero-order valence-corrected chi connectivity index (χ0v) is 24.6. The molecule has 0 radical (unpaired) electrons. The average molecular weight is 573 g/mol. The van der Waals surface area contributed by atoms with E-state index in [-0.39, 0.29) is 0 Å². The van der Waals surface area contributed by atoms with Gasteiger partial charge in [-0.05, 0) is 90.3 Å². The average Bonchev–Trinajstić information content (AvgIpc) is 3.49. The van der Waals surface area contributed by atoms with E-state index in [1.165, 1.54) is 60.5 Å². The number of fused-ring (bicyclic) bond motifs is 5. The summed E-state index contributed by atoms with van der Waals surface area (Å²) >= 11 is 0. The molecule has 0 saturated carbocycles. The molecule has 0 N–H and O–H groups in total. The van der Waals surface area contributed by atoms with Gasteiger partial charge in [0.1, 0.15) is 11.2 Å². The topological polar surface area (TPSA) is 13.1 Å². The van der Waals surface area contributed by atoms with Crippen molar-refractivity contribution in [3.63, 3.8) is 0 Å². The highest BCUT2D eigenvalue weighted by Gasteiger charge is 2.17. The largest absolute Gasteiger partial charge is 0.456 e. The lowest BCUT2D eigenvalue weighted by Crippen LogP contribution is -1.90. The fourth-order valence-electron chi connectivity index (χ4n) is 6.95. The van der Waals surface area contributed by atoms with Gasteiger partial charge in [0.15, 0.2) is 0 Å². The minimum absolute atomic E-state index is 0.908. The molecule has 0 fully saturated rings. The van der Waals surface area contributed by atoms with Crippen molar-refractivity contribution in [2.24, 2.45) is 0 Å². The smallest absolute Gasteiger partial charge is 0.136 e. The van der Waals surface area contributed by atoms with Crippen LogP contribution in [0.1, 0.15) is 0 Å². The predicted molar refractivity (Wildman–Crippen MR) is 190 cm³/mol. The third-order valence-electron chi connectivity index (χ3n) is 9.09.